The van der Waals surface area contributed by atoms with Crippen molar-refractivity contribution in [2.75, 3.05) is 0 Å². The summed E-state index contributed by atoms with van der Waals surface area (Å²) < 4.78 is 24.7. The van der Waals surface area contributed by atoms with Gasteiger partial charge in [0, 0.05) is 40.5 Å². The first-order valence-electron chi connectivity index (χ1n) is 15.7. The molecule has 0 bridgehead atoms. The van der Waals surface area contributed by atoms with E-state index in [1.807, 2.05) is 52.6 Å². The third-order valence-corrected chi connectivity index (χ3v) is 8.60. The fourth-order valence-corrected chi connectivity index (χ4v) is 6.25. The Balaban J connectivity index is 0.00000386. The molecule has 0 saturated heterocycles. The number of ether oxygens (including phenoxy) is 1. The predicted molar refractivity (Wildman–Crippen MR) is 183 cm³/mol. The number of benzene rings is 4. The maximum atomic E-state index is 14.3. The van der Waals surface area contributed by atoms with Crippen molar-refractivity contribution in [3.8, 4) is 34.1 Å². The average Bonchev–Trinajstić information content (AvgIpc) is 3.58. The molecule has 0 spiro atoms. The minimum Gasteiger partial charge on any atom is -0.509 e. The van der Waals surface area contributed by atoms with Gasteiger partial charge in [-0.2, -0.15) is 16.7 Å². The van der Waals surface area contributed by atoms with Gasteiger partial charge in [0.15, 0.2) is 0 Å². The summed E-state index contributed by atoms with van der Waals surface area (Å²) in [5.41, 5.74) is 10.6. The number of pyridine rings is 1. The summed E-state index contributed by atoms with van der Waals surface area (Å²) in [5.74, 6) is 1.46. The molecule has 0 aliphatic carbocycles. The van der Waals surface area contributed by atoms with E-state index in [9.17, 15) is 4.39 Å². The van der Waals surface area contributed by atoms with E-state index in [2.05, 4.69) is 82.1 Å². The average molecular weight is 713 g/mol. The smallest absolute Gasteiger partial charge is 0.509 e. The van der Waals surface area contributed by atoms with Gasteiger partial charge in [-0.3, -0.25) is 4.68 Å². The Morgan fingerprint density at radius 1 is 0.851 bits per heavy atom. The van der Waals surface area contributed by atoms with Gasteiger partial charge in [-0.25, -0.2) is 9.37 Å². The number of para-hydroxylation sites is 1. The maximum Gasteiger partial charge on any atom is 2.00 e. The molecule has 0 atom stereocenters. The van der Waals surface area contributed by atoms with E-state index in [-0.39, 0.29) is 32.2 Å². The molecule has 0 fully saturated rings. The van der Waals surface area contributed by atoms with Crippen molar-refractivity contribution in [1.82, 2.24) is 19.3 Å². The van der Waals surface area contributed by atoms with Crippen LogP contribution in [-0.4, -0.2) is 19.3 Å². The summed E-state index contributed by atoms with van der Waals surface area (Å²) in [7, 11) is 0. The number of hydrogen-bond donors (Lipinski definition) is 0. The Morgan fingerprint density at radius 3 is 2.40 bits per heavy atom. The van der Waals surface area contributed by atoms with Crippen LogP contribution in [0.1, 0.15) is 54.8 Å². The van der Waals surface area contributed by atoms with E-state index in [4.69, 9.17) is 9.84 Å². The van der Waals surface area contributed by atoms with E-state index < -0.39 is 0 Å². The zero-order valence-corrected chi connectivity index (χ0v) is 28.8. The monoisotopic (exact) mass is 712 g/mol. The molecule has 4 aromatic carbocycles. The molecule has 0 aliphatic heterocycles. The first kappa shape index (κ1) is 32.4. The molecule has 0 saturated carbocycles. The number of rotatable bonds is 7. The molecule has 47 heavy (non-hydrogen) atoms. The SMILES string of the molecule is CCc1c(-c2ccc(C)c(C)c2)c(C(C)C)nn1-c1[c-]c(Oc2[c-]c3c(cc2)c2ccccc2n3-c2cc(F)ccn2)cc(C)c1.[Pd+2]. The number of hydrogen-bond acceptors (Lipinski definition) is 3. The molecule has 7 aromatic rings. The molecule has 0 N–H and O–H groups in total. The van der Waals surface area contributed by atoms with Gasteiger partial charge in [-0.05, 0) is 66.1 Å². The van der Waals surface area contributed by atoms with E-state index in [0.717, 1.165) is 50.9 Å². The molecular weight excluding hydrogens is 678 g/mol. The van der Waals surface area contributed by atoms with Crippen LogP contribution in [-0.2, 0) is 26.8 Å². The van der Waals surface area contributed by atoms with Crippen LogP contribution < -0.4 is 4.74 Å². The molecule has 0 amide bonds. The van der Waals surface area contributed by atoms with Gasteiger partial charge in [0.25, 0.3) is 0 Å². The third-order valence-electron chi connectivity index (χ3n) is 8.60. The summed E-state index contributed by atoms with van der Waals surface area (Å²) in [6.07, 6.45) is 2.29. The van der Waals surface area contributed by atoms with Gasteiger partial charge < -0.3 is 9.30 Å². The van der Waals surface area contributed by atoms with E-state index >= 15 is 0 Å². The molecule has 3 heterocycles. The summed E-state index contributed by atoms with van der Waals surface area (Å²) in [5, 5.41) is 7.18. The van der Waals surface area contributed by atoms with Gasteiger partial charge >= 0.3 is 20.4 Å². The van der Waals surface area contributed by atoms with Crippen LogP contribution in [0.4, 0.5) is 4.39 Å². The zero-order valence-electron chi connectivity index (χ0n) is 27.3. The van der Waals surface area contributed by atoms with Crippen LogP contribution in [0.25, 0.3) is 44.4 Å². The third kappa shape index (κ3) is 5.91. The van der Waals surface area contributed by atoms with Gasteiger partial charge in [-0.1, -0.05) is 69.6 Å². The van der Waals surface area contributed by atoms with Crippen LogP contribution >= 0.6 is 0 Å². The van der Waals surface area contributed by atoms with E-state index in [1.165, 1.54) is 40.6 Å². The molecule has 5 nitrogen and oxygen atoms in total. The fraction of sp³-hybridized carbons (Fsp3) is 0.200. The number of fused-ring (bicyclic) bond motifs is 3. The normalized spacial score (nSPS) is 11.4. The first-order chi connectivity index (χ1) is 22.2. The number of nitrogens with zero attached hydrogens (tertiary/aromatic N) is 4. The van der Waals surface area contributed by atoms with E-state index in [1.54, 1.807) is 0 Å². The summed E-state index contributed by atoms with van der Waals surface area (Å²) in [4.78, 5) is 4.47. The number of halogens is 1. The summed E-state index contributed by atoms with van der Waals surface area (Å²) >= 11 is 0. The maximum absolute atomic E-state index is 14.3. The van der Waals surface area contributed by atoms with Gasteiger partial charge in [0.05, 0.1) is 5.69 Å². The first-order valence-corrected chi connectivity index (χ1v) is 15.7. The number of aryl methyl sites for hydroxylation is 3. The van der Waals surface area contributed by atoms with Crippen LogP contribution in [0.2, 0.25) is 0 Å². The molecule has 0 unspecified atom stereocenters. The quantitative estimate of drug-likeness (QED) is 0.122. The Bertz CT molecular complexity index is 2270. The van der Waals surface area contributed by atoms with Gasteiger partial charge in [-0.15, -0.1) is 35.7 Å². The Morgan fingerprint density at radius 2 is 1.66 bits per heavy atom. The van der Waals surface area contributed by atoms with Crippen LogP contribution in [0.15, 0.2) is 85.1 Å². The zero-order chi connectivity index (χ0) is 32.1. The second-order valence-corrected chi connectivity index (χ2v) is 12.2. The molecule has 7 heteroatoms. The molecule has 7 rings (SSSR count). The van der Waals surface area contributed by atoms with Crippen molar-refractivity contribution >= 4 is 21.8 Å². The van der Waals surface area contributed by atoms with Crippen molar-refractivity contribution in [3.63, 3.8) is 0 Å². The predicted octanol–water partition coefficient (Wildman–Crippen LogP) is 10.2. The summed E-state index contributed by atoms with van der Waals surface area (Å²) in [6.45, 7) is 12.9. The minimum atomic E-state index is -0.350. The van der Waals surface area contributed by atoms with Crippen molar-refractivity contribution < 1.29 is 29.6 Å². The van der Waals surface area contributed by atoms with Gasteiger partial charge in [0.1, 0.15) is 11.6 Å². The standard InChI is InChI=1S/C40H35FN4O.Pd/c1-7-35-39(28-13-12-26(5)27(6)20-28)40(24(2)3)43-45(35)30-18-25(4)19-32(22-30)46-31-14-15-34-33-10-8-9-11-36(33)44(37(34)23-31)38-21-29(41)16-17-42-38;/h8-21,24H,7H2,1-6H3;/q-2;+2. The second kappa shape index (κ2) is 12.9. The van der Waals surface area contributed by atoms with Crippen molar-refractivity contribution in [2.45, 2.75) is 53.9 Å². The van der Waals surface area contributed by atoms with E-state index in [0.29, 0.717) is 17.3 Å². The van der Waals surface area contributed by atoms with Gasteiger partial charge in [0.2, 0.25) is 0 Å². The molecule has 0 aliphatic rings. The second-order valence-electron chi connectivity index (χ2n) is 12.2. The Labute approximate surface area is 288 Å². The van der Waals surface area contributed by atoms with Crippen molar-refractivity contribution in [1.29, 1.82) is 0 Å². The molecular formula is C40H35FN4OPd. The van der Waals surface area contributed by atoms with Crippen LogP contribution in [0.3, 0.4) is 0 Å². The number of aromatic nitrogens is 4. The molecule has 3 aromatic heterocycles. The minimum absolute atomic E-state index is 0. The largest absolute Gasteiger partial charge is 2.00 e. The van der Waals surface area contributed by atoms with Crippen LogP contribution in [0, 0.1) is 38.7 Å². The fourth-order valence-electron chi connectivity index (χ4n) is 6.25. The molecule has 0 radical (unpaired) electrons. The van der Waals surface area contributed by atoms with Crippen LogP contribution in [0.5, 0.6) is 11.5 Å². The molecule has 238 valence electrons. The Hall–Kier alpha value is -4.57. The van der Waals surface area contributed by atoms with Crippen molar-refractivity contribution in [2.24, 2.45) is 0 Å². The van der Waals surface area contributed by atoms with Crippen molar-refractivity contribution in [3.05, 3.63) is 131 Å². The topological polar surface area (TPSA) is 44.9 Å². The summed E-state index contributed by atoms with van der Waals surface area (Å²) in [6, 6.07) is 32.4. The Kier molecular flexibility index (Phi) is 8.89.